The van der Waals surface area contributed by atoms with E-state index in [1.807, 2.05) is 32.0 Å². The summed E-state index contributed by atoms with van der Waals surface area (Å²) >= 11 is 0. The third kappa shape index (κ3) is 4.65. The van der Waals surface area contributed by atoms with Gasteiger partial charge in [0.05, 0.1) is 15.9 Å². The quantitative estimate of drug-likeness (QED) is 0.588. The fourth-order valence-corrected chi connectivity index (χ4v) is 4.28. The highest BCUT2D eigenvalue weighted by atomic mass is 32.2. The normalized spacial score (nSPS) is 11.7. The van der Waals surface area contributed by atoms with Crippen LogP contribution in [0.2, 0.25) is 0 Å². The number of carbonyl (C=O) groups excluding carboxylic acids is 1. The number of hydrogen-bond donors (Lipinski definition) is 2. The lowest BCUT2D eigenvalue weighted by Gasteiger charge is -2.08. The van der Waals surface area contributed by atoms with Gasteiger partial charge in [0.2, 0.25) is 10.0 Å². The summed E-state index contributed by atoms with van der Waals surface area (Å²) < 4.78 is 29.0. The van der Waals surface area contributed by atoms with E-state index in [1.54, 1.807) is 0 Å². The number of imidazole rings is 1. The van der Waals surface area contributed by atoms with Gasteiger partial charge in [0.15, 0.2) is 0 Å². The van der Waals surface area contributed by atoms with Crippen LogP contribution in [0.3, 0.4) is 0 Å². The van der Waals surface area contributed by atoms with Crippen molar-refractivity contribution in [3.63, 3.8) is 0 Å². The number of rotatable bonds is 8. The topological polar surface area (TPSA) is 93.1 Å². The van der Waals surface area contributed by atoms with E-state index in [0.717, 1.165) is 29.8 Å². The molecular formula is C21H26N4O3S. The Kier molecular flexibility index (Phi) is 6.34. The van der Waals surface area contributed by atoms with Gasteiger partial charge in [-0.2, -0.15) is 0 Å². The van der Waals surface area contributed by atoms with Gasteiger partial charge < -0.3 is 9.88 Å². The molecular weight excluding hydrogens is 388 g/mol. The van der Waals surface area contributed by atoms with Crippen LogP contribution in [0, 0.1) is 6.92 Å². The fraction of sp³-hybridized carbons (Fsp3) is 0.333. The lowest BCUT2D eigenvalue weighted by atomic mass is 10.2. The Morgan fingerprint density at radius 1 is 1.07 bits per heavy atom. The van der Waals surface area contributed by atoms with Gasteiger partial charge in [-0.3, -0.25) is 4.79 Å². The molecule has 29 heavy (non-hydrogen) atoms. The minimum Gasteiger partial charge on any atom is -0.328 e. The molecule has 0 radical (unpaired) electrons. The number of aryl methyl sites for hydroxylation is 2. The monoisotopic (exact) mass is 414 g/mol. The summed E-state index contributed by atoms with van der Waals surface area (Å²) in [5, 5.41) is 2.85. The van der Waals surface area contributed by atoms with E-state index >= 15 is 0 Å². The number of anilines is 1. The third-order valence-corrected chi connectivity index (χ3v) is 6.09. The average Bonchev–Trinajstić information content (AvgIpc) is 3.01. The summed E-state index contributed by atoms with van der Waals surface area (Å²) in [5.41, 5.74) is 2.89. The van der Waals surface area contributed by atoms with Crippen molar-refractivity contribution in [2.24, 2.45) is 0 Å². The molecule has 0 aliphatic heterocycles. The number of benzene rings is 2. The van der Waals surface area contributed by atoms with Gasteiger partial charge in [0, 0.05) is 24.3 Å². The smallest absolute Gasteiger partial charge is 0.255 e. The van der Waals surface area contributed by atoms with Gasteiger partial charge in [-0.1, -0.05) is 13.8 Å². The zero-order valence-electron chi connectivity index (χ0n) is 16.9. The number of hydrogen-bond acceptors (Lipinski definition) is 4. The van der Waals surface area contributed by atoms with Crippen LogP contribution in [0.25, 0.3) is 11.0 Å². The predicted octanol–water partition coefficient (Wildman–Crippen LogP) is 3.70. The summed E-state index contributed by atoms with van der Waals surface area (Å²) in [5.74, 6) is 0.637. The largest absolute Gasteiger partial charge is 0.328 e. The molecule has 8 heteroatoms. The van der Waals surface area contributed by atoms with Crippen LogP contribution in [-0.4, -0.2) is 30.4 Å². The van der Waals surface area contributed by atoms with Gasteiger partial charge in [0.25, 0.3) is 5.91 Å². The first-order valence-electron chi connectivity index (χ1n) is 9.73. The standard InChI is InChI=1S/C21H26N4O3S/c1-4-12-22-29(27,28)18-9-6-16(7-10-18)21(26)24-17-8-11-20-19(14-17)23-15(3)25(20)13-5-2/h6-11,14,22H,4-5,12-13H2,1-3H3,(H,24,26). The van der Waals surface area contributed by atoms with E-state index in [2.05, 4.69) is 26.5 Å². The van der Waals surface area contributed by atoms with Gasteiger partial charge in [-0.25, -0.2) is 18.1 Å². The highest BCUT2D eigenvalue weighted by Crippen LogP contribution is 2.21. The Labute approximate surface area is 171 Å². The molecule has 2 aromatic carbocycles. The SMILES string of the molecule is CCCNS(=O)(=O)c1ccc(C(=O)Nc2ccc3c(c2)nc(C)n3CCC)cc1. The maximum Gasteiger partial charge on any atom is 0.255 e. The van der Waals surface area contributed by atoms with Crippen molar-refractivity contribution >= 4 is 32.7 Å². The zero-order valence-corrected chi connectivity index (χ0v) is 17.7. The second kappa shape index (κ2) is 8.75. The third-order valence-electron chi connectivity index (χ3n) is 4.61. The highest BCUT2D eigenvalue weighted by molar-refractivity contribution is 7.89. The van der Waals surface area contributed by atoms with Crippen LogP contribution in [0.1, 0.15) is 42.9 Å². The molecule has 0 atom stereocenters. The van der Waals surface area contributed by atoms with Crippen molar-refractivity contribution in [3.8, 4) is 0 Å². The van der Waals surface area contributed by atoms with Crippen molar-refractivity contribution in [1.29, 1.82) is 0 Å². The maximum absolute atomic E-state index is 12.6. The molecule has 0 fully saturated rings. The van der Waals surface area contributed by atoms with Gasteiger partial charge >= 0.3 is 0 Å². The summed E-state index contributed by atoms with van der Waals surface area (Å²) in [7, 11) is -3.55. The maximum atomic E-state index is 12.6. The van der Waals surface area contributed by atoms with Crippen molar-refractivity contribution in [2.75, 3.05) is 11.9 Å². The fourth-order valence-electron chi connectivity index (χ4n) is 3.14. The zero-order chi connectivity index (χ0) is 21.0. The second-order valence-electron chi connectivity index (χ2n) is 6.89. The molecule has 1 heterocycles. The van der Waals surface area contributed by atoms with Crippen LogP contribution in [-0.2, 0) is 16.6 Å². The minimum absolute atomic E-state index is 0.140. The average molecular weight is 415 g/mol. The number of nitrogens with zero attached hydrogens (tertiary/aromatic N) is 2. The Bertz CT molecular complexity index is 1120. The first-order valence-corrected chi connectivity index (χ1v) is 11.2. The Balaban J connectivity index is 1.76. The minimum atomic E-state index is -3.55. The molecule has 3 aromatic rings. The summed E-state index contributed by atoms with van der Waals surface area (Å²) in [6, 6.07) is 11.5. The van der Waals surface area contributed by atoms with Crippen LogP contribution in [0.5, 0.6) is 0 Å². The van der Waals surface area contributed by atoms with Crippen molar-refractivity contribution in [3.05, 3.63) is 53.9 Å². The molecule has 0 unspecified atom stereocenters. The van der Waals surface area contributed by atoms with E-state index in [-0.39, 0.29) is 10.8 Å². The Morgan fingerprint density at radius 2 is 1.79 bits per heavy atom. The molecule has 0 aliphatic rings. The molecule has 0 saturated carbocycles. The molecule has 7 nitrogen and oxygen atoms in total. The van der Waals surface area contributed by atoms with Gasteiger partial charge in [-0.05, 0) is 62.2 Å². The second-order valence-corrected chi connectivity index (χ2v) is 8.66. The number of aromatic nitrogens is 2. The summed E-state index contributed by atoms with van der Waals surface area (Å²) in [6.45, 7) is 7.26. The summed E-state index contributed by atoms with van der Waals surface area (Å²) in [6.07, 6.45) is 1.73. The van der Waals surface area contributed by atoms with Crippen molar-refractivity contribution < 1.29 is 13.2 Å². The van der Waals surface area contributed by atoms with Crippen LogP contribution < -0.4 is 10.0 Å². The number of carbonyl (C=O) groups is 1. The molecule has 154 valence electrons. The first-order chi connectivity index (χ1) is 13.9. The van der Waals surface area contributed by atoms with Gasteiger partial charge in [0.1, 0.15) is 5.82 Å². The van der Waals surface area contributed by atoms with Gasteiger partial charge in [-0.15, -0.1) is 0 Å². The van der Waals surface area contributed by atoms with Crippen molar-refractivity contribution in [1.82, 2.24) is 14.3 Å². The summed E-state index contributed by atoms with van der Waals surface area (Å²) in [4.78, 5) is 17.3. The highest BCUT2D eigenvalue weighted by Gasteiger charge is 2.15. The first kappa shape index (κ1) is 21.0. The number of nitrogens with one attached hydrogen (secondary N) is 2. The van der Waals surface area contributed by atoms with E-state index in [0.29, 0.717) is 24.2 Å². The Morgan fingerprint density at radius 3 is 2.45 bits per heavy atom. The molecule has 2 N–H and O–H groups in total. The van der Waals surface area contributed by atoms with E-state index in [9.17, 15) is 13.2 Å². The lowest BCUT2D eigenvalue weighted by molar-refractivity contribution is 0.102. The molecule has 1 aromatic heterocycles. The molecule has 1 amide bonds. The van der Waals surface area contributed by atoms with Crippen molar-refractivity contribution in [2.45, 2.75) is 45.1 Å². The molecule has 0 saturated heterocycles. The lowest BCUT2D eigenvalue weighted by Crippen LogP contribution is -2.24. The molecule has 0 bridgehead atoms. The van der Waals surface area contributed by atoms with Crippen LogP contribution in [0.4, 0.5) is 5.69 Å². The number of sulfonamides is 1. The predicted molar refractivity (Wildman–Crippen MR) is 115 cm³/mol. The van der Waals surface area contributed by atoms with E-state index < -0.39 is 10.0 Å². The van der Waals surface area contributed by atoms with E-state index in [1.165, 1.54) is 24.3 Å². The van der Waals surface area contributed by atoms with E-state index in [4.69, 9.17) is 0 Å². The number of fused-ring (bicyclic) bond motifs is 1. The Hall–Kier alpha value is -2.71. The molecule has 3 rings (SSSR count). The molecule has 0 aliphatic carbocycles. The molecule has 0 spiro atoms. The van der Waals surface area contributed by atoms with Crippen LogP contribution in [0.15, 0.2) is 47.4 Å². The number of amides is 1. The van der Waals surface area contributed by atoms with Crippen LogP contribution >= 0.6 is 0 Å².